The second-order valence-electron chi connectivity index (χ2n) is 7.45. The molecule has 1 atom stereocenters. The number of aromatic nitrogens is 6. The molecule has 1 aromatic carbocycles. The maximum atomic E-state index is 4.89. The third-order valence-electron chi connectivity index (χ3n) is 5.12. The smallest absolute Gasteiger partial charge is 0.161 e. The normalized spacial score (nSPS) is 12.6. The van der Waals surface area contributed by atoms with Gasteiger partial charge in [0.15, 0.2) is 5.65 Å². The van der Waals surface area contributed by atoms with Gasteiger partial charge in [-0.3, -0.25) is 4.68 Å². The highest BCUT2D eigenvalue weighted by Gasteiger charge is 2.23. The number of fused-ring (bicyclic) bond motifs is 1. The average Bonchev–Trinajstić information content (AvgIpc) is 3.23. The number of anilines is 1. The highest BCUT2D eigenvalue weighted by Crippen LogP contribution is 2.29. The Bertz CT molecular complexity index is 1110. The maximum absolute atomic E-state index is 4.89. The van der Waals surface area contributed by atoms with Gasteiger partial charge in [-0.15, -0.1) is 0 Å². The van der Waals surface area contributed by atoms with Crippen molar-refractivity contribution in [2.75, 3.05) is 5.32 Å². The van der Waals surface area contributed by atoms with E-state index >= 15 is 0 Å². The van der Waals surface area contributed by atoms with Gasteiger partial charge in [-0.1, -0.05) is 44.2 Å². The molecular formula is C21H25N7. The molecule has 1 N–H and O–H groups in total. The van der Waals surface area contributed by atoms with E-state index in [1.165, 1.54) is 0 Å². The van der Waals surface area contributed by atoms with Gasteiger partial charge in [-0.2, -0.15) is 14.7 Å². The van der Waals surface area contributed by atoms with Crippen molar-refractivity contribution in [3.05, 3.63) is 59.8 Å². The first-order chi connectivity index (χ1) is 13.5. The lowest BCUT2D eigenvalue weighted by molar-refractivity contribution is 0.495. The molecule has 0 spiro atoms. The second-order valence-corrected chi connectivity index (χ2v) is 7.45. The summed E-state index contributed by atoms with van der Waals surface area (Å²) in [5.41, 5.74) is 4.91. The minimum absolute atomic E-state index is 0.00784. The lowest BCUT2D eigenvalue weighted by Gasteiger charge is -2.23. The third-order valence-corrected chi connectivity index (χ3v) is 5.12. The van der Waals surface area contributed by atoms with Crippen LogP contribution in [0.3, 0.4) is 0 Å². The van der Waals surface area contributed by atoms with Gasteiger partial charge in [0.05, 0.1) is 17.4 Å². The minimum atomic E-state index is -0.00784. The first-order valence-corrected chi connectivity index (χ1v) is 9.48. The van der Waals surface area contributed by atoms with Crippen LogP contribution in [0.2, 0.25) is 0 Å². The predicted molar refractivity (Wildman–Crippen MR) is 110 cm³/mol. The molecule has 7 nitrogen and oxygen atoms in total. The SMILES string of the molecule is Cc1nn2c(N[C@@H](c3ncnn3C)C(C)C)cc(-c3ccccc3)nc2c1C. The Morgan fingerprint density at radius 2 is 1.82 bits per heavy atom. The molecule has 0 radical (unpaired) electrons. The third kappa shape index (κ3) is 3.13. The van der Waals surface area contributed by atoms with E-state index in [1.807, 2.05) is 41.4 Å². The van der Waals surface area contributed by atoms with Crippen LogP contribution in [0.15, 0.2) is 42.7 Å². The molecule has 3 heterocycles. The number of rotatable bonds is 5. The number of aryl methyl sites for hydroxylation is 3. The number of benzene rings is 1. The molecule has 144 valence electrons. The molecule has 0 amide bonds. The highest BCUT2D eigenvalue weighted by molar-refractivity contribution is 5.68. The van der Waals surface area contributed by atoms with Gasteiger partial charge in [0.25, 0.3) is 0 Å². The van der Waals surface area contributed by atoms with Crippen molar-refractivity contribution in [3.63, 3.8) is 0 Å². The Morgan fingerprint density at radius 3 is 2.46 bits per heavy atom. The van der Waals surface area contributed by atoms with E-state index in [1.54, 1.807) is 6.33 Å². The van der Waals surface area contributed by atoms with Crippen LogP contribution >= 0.6 is 0 Å². The van der Waals surface area contributed by atoms with E-state index in [0.717, 1.165) is 39.8 Å². The van der Waals surface area contributed by atoms with Crippen LogP contribution in [0.25, 0.3) is 16.9 Å². The van der Waals surface area contributed by atoms with Crippen LogP contribution in [-0.2, 0) is 7.05 Å². The van der Waals surface area contributed by atoms with E-state index in [9.17, 15) is 0 Å². The zero-order valence-electron chi connectivity index (χ0n) is 16.9. The summed E-state index contributed by atoms with van der Waals surface area (Å²) in [6, 6.07) is 12.3. The standard InChI is InChI=1S/C21H25N7/c1-13(2)19(21-22-12-23-27(21)5)25-18-11-17(16-9-7-6-8-10-16)24-20-14(3)15(4)26-28(18)20/h6-13,19,25H,1-5H3/t19-/m1/s1. The van der Waals surface area contributed by atoms with Crippen LogP contribution < -0.4 is 5.32 Å². The number of hydrogen-bond acceptors (Lipinski definition) is 5. The van der Waals surface area contributed by atoms with Gasteiger partial charge in [0.1, 0.15) is 18.0 Å². The Morgan fingerprint density at radius 1 is 1.07 bits per heavy atom. The first-order valence-electron chi connectivity index (χ1n) is 9.48. The van der Waals surface area contributed by atoms with Crippen LogP contribution in [0.5, 0.6) is 0 Å². The molecule has 7 heteroatoms. The summed E-state index contributed by atoms with van der Waals surface area (Å²) in [4.78, 5) is 9.35. The Kier molecular flexibility index (Phi) is 4.58. The lowest BCUT2D eigenvalue weighted by atomic mass is 10.0. The molecule has 0 saturated carbocycles. The highest BCUT2D eigenvalue weighted by atomic mass is 15.3. The van der Waals surface area contributed by atoms with Crippen molar-refractivity contribution in [2.24, 2.45) is 13.0 Å². The molecule has 0 aliphatic rings. The van der Waals surface area contributed by atoms with Crippen LogP contribution in [0.1, 0.15) is 37.0 Å². The van der Waals surface area contributed by atoms with Crippen LogP contribution in [0.4, 0.5) is 5.82 Å². The monoisotopic (exact) mass is 375 g/mol. The molecule has 0 aliphatic carbocycles. The molecule has 0 aliphatic heterocycles. The van der Waals surface area contributed by atoms with E-state index < -0.39 is 0 Å². The van der Waals surface area contributed by atoms with Crippen molar-refractivity contribution < 1.29 is 0 Å². The quantitative estimate of drug-likeness (QED) is 0.572. The second kappa shape index (κ2) is 7.07. The van der Waals surface area contributed by atoms with Gasteiger partial charge >= 0.3 is 0 Å². The lowest BCUT2D eigenvalue weighted by Crippen LogP contribution is -2.22. The maximum Gasteiger partial charge on any atom is 0.161 e. The first kappa shape index (κ1) is 18.2. The Hall–Kier alpha value is -3.22. The summed E-state index contributed by atoms with van der Waals surface area (Å²) in [7, 11) is 1.92. The molecule has 4 rings (SSSR count). The molecule has 28 heavy (non-hydrogen) atoms. The predicted octanol–water partition coefficient (Wildman–Crippen LogP) is 3.95. The van der Waals surface area contributed by atoms with Gasteiger partial charge < -0.3 is 5.32 Å². The molecule has 0 unspecified atom stereocenters. The van der Waals surface area contributed by atoms with E-state index in [4.69, 9.17) is 10.1 Å². The zero-order valence-corrected chi connectivity index (χ0v) is 16.9. The summed E-state index contributed by atoms with van der Waals surface area (Å²) in [5, 5.41) is 12.6. The fraction of sp³-hybridized carbons (Fsp3) is 0.333. The van der Waals surface area contributed by atoms with Crippen LogP contribution in [0, 0.1) is 19.8 Å². The molecule has 3 aromatic heterocycles. The van der Waals surface area contributed by atoms with E-state index in [0.29, 0.717) is 5.92 Å². The molecule has 4 aromatic rings. The minimum Gasteiger partial charge on any atom is -0.360 e. The summed E-state index contributed by atoms with van der Waals surface area (Å²) in [6.07, 6.45) is 1.59. The van der Waals surface area contributed by atoms with E-state index in [2.05, 4.69) is 54.4 Å². The zero-order chi connectivity index (χ0) is 19.8. The summed E-state index contributed by atoms with van der Waals surface area (Å²) >= 11 is 0. The van der Waals surface area contributed by atoms with Crippen LogP contribution in [-0.4, -0.2) is 29.4 Å². The largest absolute Gasteiger partial charge is 0.360 e. The molecule has 0 fully saturated rings. The fourth-order valence-corrected chi connectivity index (χ4v) is 3.36. The molecule has 0 bridgehead atoms. The summed E-state index contributed by atoms with van der Waals surface area (Å²) in [6.45, 7) is 8.41. The van der Waals surface area contributed by atoms with Crippen molar-refractivity contribution in [1.29, 1.82) is 0 Å². The van der Waals surface area contributed by atoms with Gasteiger partial charge in [-0.25, -0.2) is 9.97 Å². The topological polar surface area (TPSA) is 72.9 Å². The van der Waals surface area contributed by atoms with Crippen molar-refractivity contribution in [3.8, 4) is 11.3 Å². The van der Waals surface area contributed by atoms with Gasteiger partial charge in [-0.05, 0) is 19.8 Å². The number of hydrogen-bond donors (Lipinski definition) is 1. The summed E-state index contributed by atoms with van der Waals surface area (Å²) in [5.74, 6) is 2.09. The molecular weight excluding hydrogens is 350 g/mol. The Labute approximate surface area is 164 Å². The van der Waals surface area contributed by atoms with Crippen molar-refractivity contribution >= 4 is 11.5 Å². The van der Waals surface area contributed by atoms with Gasteiger partial charge in [0.2, 0.25) is 0 Å². The van der Waals surface area contributed by atoms with Crippen molar-refractivity contribution in [1.82, 2.24) is 29.4 Å². The number of nitrogens with zero attached hydrogens (tertiary/aromatic N) is 6. The van der Waals surface area contributed by atoms with Crippen molar-refractivity contribution in [2.45, 2.75) is 33.7 Å². The Balaban J connectivity index is 1.87. The van der Waals surface area contributed by atoms with E-state index in [-0.39, 0.29) is 6.04 Å². The van der Waals surface area contributed by atoms with Gasteiger partial charge in [0, 0.05) is 24.2 Å². The summed E-state index contributed by atoms with van der Waals surface area (Å²) < 4.78 is 3.70. The fourth-order valence-electron chi connectivity index (χ4n) is 3.36. The average molecular weight is 375 g/mol. The molecule has 0 saturated heterocycles. The number of nitrogens with one attached hydrogen (secondary N) is 1.